The number of hydrogen-bond acceptors (Lipinski definition) is 3. The highest BCUT2D eigenvalue weighted by Crippen LogP contribution is 2.25. The van der Waals surface area contributed by atoms with Gasteiger partial charge in [0, 0.05) is 31.7 Å². The van der Waals surface area contributed by atoms with Gasteiger partial charge in [0.2, 0.25) is 0 Å². The number of nitrogens with two attached hydrogens (primary N) is 1. The number of rotatable bonds is 2. The minimum atomic E-state index is -3.28. The van der Waals surface area contributed by atoms with E-state index in [1.54, 1.807) is 8.61 Å². The van der Waals surface area contributed by atoms with Crippen LogP contribution in [0.15, 0.2) is 0 Å². The number of hydrogen-bond donors (Lipinski definition) is 1. The van der Waals surface area contributed by atoms with Gasteiger partial charge in [0.15, 0.2) is 0 Å². The van der Waals surface area contributed by atoms with Gasteiger partial charge in [-0.05, 0) is 38.5 Å². The molecule has 2 saturated heterocycles. The highest BCUT2D eigenvalue weighted by Gasteiger charge is 2.37. The summed E-state index contributed by atoms with van der Waals surface area (Å²) in [4.78, 5) is 0. The van der Waals surface area contributed by atoms with Crippen molar-refractivity contribution >= 4 is 10.2 Å². The van der Waals surface area contributed by atoms with Gasteiger partial charge in [0.05, 0.1) is 0 Å². The molecule has 2 rings (SSSR count). The monoisotopic (exact) mass is 275 g/mol. The van der Waals surface area contributed by atoms with Crippen molar-refractivity contribution in [1.29, 1.82) is 0 Å². The van der Waals surface area contributed by atoms with Crippen LogP contribution in [0.2, 0.25) is 0 Å². The van der Waals surface area contributed by atoms with Gasteiger partial charge in [-0.1, -0.05) is 6.92 Å². The molecule has 0 saturated carbocycles. The Bertz CT molecular complexity index is 385. The predicted molar refractivity (Wildman–Crippen MR) is 72.3 cm³/mol. The van der Waals surface area contributed by atoms with Crippen molar-refractivity contribution in [1.82, 2.24) is 8.61 Å². The van der Waals surface area contributed by atoms with Gasteiger partial charge in [0.25, 0.3) is 10.2 Å². The molecule has 2 heterocycles. The van der Waals surface area contributed by atoms with Crippen molar-refractivity contribution in [2.75, 3.05) is 19.6 Å². The molecule has 0 spiro atoms. The SMILES string of the molecule is CC1CCCN(S(=O)(=O)N2CCC(N)CC2C)C1. The second-order valence-corrected chi connectivity index (χ2v) is 7.74. The predicted octanol–water partition coefficient (Wildman–Crippen LogP) is 0.775. The van der Waals surface area contributed by atoms with E-state index in [-0.39, 0.29) is 12.1 Å². The quantitative estimate of drug-likeness (QED) is 0.809. The van der Waals surface area contributed by atoms with Crippen molar-refractivity contribution in [3.8, 4) is 0 Å². The summed E-state index contributed by atoms with van der Waals surface area (Å²) in [6, 6.07) is 0.169. The molecule has 0 aromatic carbocycles. The van der Waals surface area contributed by atoms with Gasteiger partial charge < -0.3 is 5.73 Å². The smallest absolute Gasteiger partial charge is 0.282 e. The fraction of sp³-hybridized carbons (Fsp3) is 1.00. The average molecular weight is 275 g/mol. The van der Waals surface area contributed by atoms with E-state index in [2.05, 4.69) is 6.92 Å². The molecule has 2 aliphatic rings. The van der Waals surface area contributed by atoms with E-state index >= 15 is 0 Å². The maximum absolute atomic E-state index is 12.6. The molecule has 18 heavy (non-hydrogen) atoms. The summed E-state index contributed by atoms with van der Waals surface area (Å²) in [5, 5.41) is 0. The summed E-state index contributed by atoms with van der Waals surface area (Å²) in [5.74, 6) is 0.468. The lowest BCUT2D eigenvalue weighted by Gasteiger charge is -2.40. The van der Waals surface area contributed by atoms with Crippen LogP contribution in [0.25, 0.3) is 0 Å². The van der Waals surface area contributed by atoms with Crippen LogP contribution in [0.4, 0.5) is 0 Å². The molecule has 0 aliphatic carbocycles. The topological polar surface area (TPSA) is 66.6 Å². The second-order valence-electron chi connectivity index (χ2n) is 5.86. The lowest BCUT2D eigenvalue weighted by Crippen LogP contribution is -2.54. The summed E-state index contributed by atoms with van der Waals surface area (Å²) in [6.07, 6.45) is 3.64. The Labute approximate surface area is 110 Å². The Morgan fingerprint density at radius 3 is 2.50 bits per heavy atom. The molecule has 3 unspecified atom stereocenters. The Kier molecular flexibility index (Phi) is 4.31. The van der Waals surface area contributed by atoms with Crippen molar-refractivity contribution in [3.63, 3.8) is 0 Å². The molecule has 106 valence electrons. The first-order chi connectivity index (χ1) is 8.41. The first-order valence-corrected chi connectivity index (χ1v) is 8.33. The maximum atomic E-state index is 12.6. The van der Waals surface area contributed by atoms with Gasteiger partial charge in [-0.3, -0.25) is 0 Å². The molecule has 0 amide bonds. The van der Waals surface area contributed by atoms with Crippen molar-refractivity contribution in [2.45, 2.75) is 51.6 Å². The first-order valence-electron chi connectivity index (χ1n) is 6.93. The zero-order chi connectivity index (χ0) is 13.3. The molecule has 0 radical (unpaired) electrons. The molecule has 0 bridgehead atoms. The molecule has 2 N–H and O–H groups in total. The van der Waals surface area contributed by atoms with Gasteiger partial charge >= 0.3 is 0 Å². The zero-order valence-corrected chi connectivity index (χ0v) is 12.2. The fourth-order valence-electron chi connectivity index (χ4n) is 3.03. The van der Waals surface area contributed by atoms with E-state index in [0.29, 0.717) is 25.6 Å². The van der Waals surface area contributed by atoms with Crippen molar-refractivity contribution in [3.05, 3.63) is 0 Å². The standard InChI is InChI=1S/C12H25N3O2S/c1-10-4-3-6-14(9-10)18(16,17)15-7-5-12(13)8-11(15)2/h10-12H,3-9,13H2,1-2H3. The van der Waals surface area contributed by atoms with Crippen LogP contribution in [-0.2, 0) is 10.2 Å². The Morgan fingerprint density at radius 1 is 1.17 bits per heavy atom. The number of piperidine rings is 2. The molecule has 5 nitrogen and oxygen atoms in total. The largest absolute Gasteiger partial charge is 0.328 e. The molecule has 3 atom stereocenters. The lowest BCUT2D eigenvalue weighted by atomic mass is 10.0. The Hall–Kier alpha value is -0.170. The third-order valence-electron chi connectivity index (χ3n) is 4.10. The Balaban J connectivity index is 2.10. The third-order valence-corrected chi connectivity index (χ3v) is 6.22. The van der Waals surface area contributed by atoms with Crippen molar-refractivity contribution in [2.24, 2.45) is 11.7 Å². The zero-order valence-electron chi connectivity index (χ0n) is 11.4. The van der Waals surface area contributed by atoms with E-state index < -0.39 is 10.2 Å². The van der Waals surface area contributed by atoms with E-state index in [0.717, 1.165) is 25.7 Å². The van der Waals surface area contributed by atoms with Crippen LogP contribution >= 0.6 is 0 Å². The van der Waals surface area contributed by atoms with Crippen LogP contribution in [-0.4, -0.2) is 48.7 Å². The van der Waals surface area contributed by atoms with Gasteiger partial charge in [-0.25, -0.2) is 0 Å². The Morgan fingerprint density at radius 2 is 1.89 bits per heavy atom. The summed E-state index contributed by atoms with van der Waals surface area (Å²) in [5.41, 5.74) is 5.90. The van der Waals surface area contributed by atoms with Crippen LogP contribution in [0, 0.1) is 5.92 Å². The molecule has 2 aliphatic heterocycles. The molecule has 6 heteroatoms. The lowest BCUT2D eigenvalue weighted by molar-refractivity contribution is 0.208. The molecule has 2 fully saturated rings. The third kappa shape index (κ3) is 2.87. The minimum absolute atomic E-state index is 0.0241. The molecule has 0 aromatic rings. The summed E-state index contributed by atoms with van der Waals surface area (Å²) in [6.45, 7) is 5.98. The van der Waals surface area contributed by atoms with Gasteiger partial charge in [-0.15, -0.1) is 0 Å². The summed E-state index contributed by atoms with van der Waals surface area (Å²) in [7, 11) is -3.28. The number of nitrogens with zero attached hydrogens (tertiary/aromatic N) is 2. The van der Waals surface area contributed by atoms with E-state index in [9.17, 15) is 8.42 Å². The van der Waals surface area contributed by atoms with E-state index in [1.807, 2.05) is 6.92 Å². The molecular formula is C12H25N3O2S. The first kappa shape index (κ1) is 14.2. The fourth-order valence-corrected chi connectivity index (χ4v) is 5.01. The second kappa shape index (κ2) is 5.45. The normalized spacial score (nSPS) is 36.7. The summed E-state index contributed by atoms with van der Waals surface area (Å²) >= 11 is 0. The van der Waals surface area contributed by atoms with Gasteiger partial charge in [-0.2, -0.15) is 17.0 Å². The molecular weight excluding hydrogens is 250 g/mol. The minimum Gasteiger partial charge on any atom is -0.328 e. The summed E-state index contributed by atoms with van der Waals surface area (Å²) < 4.78 is 28.5. The highest BCUT2D eigenvalue weighted by atomic mass is 32.2. The van der Waals surface area contributed by atoms with E-state index in [1.165, 1.54) is 0 Å². The highest BCUT2D eigenvalue weighted by molar-refractivity contribution is 7.86. The molecule has 0 aromatic heterocycles. The van der Waals surface area contributed by atoms with Crippen LogP contribution in [0.5, 0.6) is 0 Å². The average Bonchev–Trinajstić information content (AvgIpc) is 2.28. The van der Waals surface area contributed by atoms with Crippen LogP contribution < -0.4 is 5.73 Å². The van der Waals surface area contributed by atoms with Crippen LogP contribution in [0.1, 0.15) is 39.5 Å². The van der Waals surface area contributed by atoms with Gasteiger partial charge in [0.1, 0.15) is 0 Å². The maximum Gasteiger partial charge on any atom is 0.282 e. The van der Waals surface area contributed by atoms with E-state index in [4.69, 9.17) is 5.73 Å². The van der Waals surface area contributed by atoms with Crippen molar-refractivity contribution < 1.29 is 8.42 Å². The van der Waals surface area contributed by atoms with Crippen LogP contribution in [0.3, 0.4) is 0 Å².